The number of aromatic hydroxyl groups is 1. The number of nitrogens with zero attached hydrogens (tertiary/aromatic N) is 1. The molecule has 0 spiro atoms. The van der Waals surface area contributed by atoms with E-state index in [1.54, 1.807) is 23.1 Å². The number of amides is 1. The first-order valence-electron chi connectivity index (χ1n) is 7.23. The molecule has 1 aliphatic rings. The van der Waals surface area contributed by atoms with Crippen molar-refractivity contribution in [2.45, 2.75) is 51.3 Å². The molecule has 1 aromatic rings. The van der Waals surface area contributed by atoms with E-state index in [2.05, 4.69) is 0 Å². The smallest absolute Gasteiger partial charge is 0.411 e. The number of rotatable bonds is 2. The van der Waals surface area contributed by atoms with E-state index in [0.717, 1.165) is 0 Å². The first-order chi connectivity index (χ1) is 9.83. The molecule has 2 N–H and O–H groups in total. The third kappa shape index (κ3) is 3.47. The Balaban J connectivity index is 2.29. The van der Waals surface area contributed by atoms with Crippen LogP contribution >= 0.6 is 0 Å². The zero-order chi connectivity index (χ0) is 15.6. The van der Waals surface area contributed by atoms with Crippen molar-refractivity contribution >= 4 is 6.09 Å². The van der Waals surface area contributed by atoms with E-state index in [-0.39, 0.29) is 24.4 Å². The predicted octanol–water partition coefficient (Wildman–Crippen LogP) is 2.83. The average Bonchev–Trinajstić information content (AvgIpc) is 2.81. The highest BCUT2D eigenvalue weighted by Gasteiger charge is 2.40. The van der Waals surface area contributed by atoms with Gasteiger partial charge in [-0.05, 0) is 39.7 Å². The van der Waals surface area contributed by atoms with Crippen LogP contribution in [0.4, 0.5) is 4.79 Å². The van der Waals surface area contributed by atoms with Crippen LogP contribution in [-0.2, 0) is 4.74 Å². The highest BCUT2D eigenvalue weighted by molar-refractivity contribution is 5.70. The maximum Gasteiger partial charge on any atom is 0.411 e. The Bertz CT molecular complexity index is 509. The molecule has 2 atom stereocenters. The van der Waals surface area contributed by atoms with E-state index >= 15 is 0 Å². The van der Waals surface area contributed by atoms with E-state index in [1.807, 2.05) is 26.8 Å². The third-order valence-electron chi connectivity index (χ3n) is 3.61. The molecule has 0 aromatic heterocycles. The van der Waals surface area contributed by atoms with Crippen molar-refractivity contribution in [2.75, 3.05) is 6.61 Å². The summed E-state index contributed by atoms with van der Waals surface area (Å²) in [6, 6.07) is 6.44. The molecule has 21 heavy (non-hydrogen) atoms. The summed E-state index contributed by atoms with van der Waals surface area (Å²) in [5, 5.41) is 19.5. The normalized spacial score (nSPS) is 22.4. The average molecular weight is 293 g/mol. The van der Waals surface area contributed by atoms with Gasteiger partial charge >= 0.3 is 6.09 Å². The maximum absolute atomic E-state index is 12.4. The second-order valence-corrected chi connectivity index (χ2v) is 6.38. The molecular weight excluding hydrogens is 270 g/mol. The summed E-state index contributed by atoms with van der Waals surface area (Å²) in [5.41, 5.74) is 0.0995. The Morgan fingerprint density at radius 3 is 2.57 bits per heavy atom. The van der Waals surface area contributed by atoms with E-state index in [1.165, 1.54) is 0 Å². The van der Waals surface area contributed by atoms with Crippen LogP contribution in [0.5, 0.6) is 5.75 Å². The van der Waals surface area contributed by atoms with Crippen molar-refractivity contribution in [3.8, 4) is 5.75 Å². The van der Waals surface area contributed by atoms with Crippen molar-refractivity contribution in [2.24, 2.45) is 0 Å². The minimum atomic E-state index is -0.594. The van der Waals surface area contributed by atoms with Crippen LogP contribution < -0.4 is 0 Å². The molecule has 0 radical (unpaired) electrons. The minimum absolute atomic E-state index is 0.108. The number of aliphatic hydroxyl groups is 1. The Kier molecular flexibility index (Phi) is 4.42. The highest BCUT2D eigenvalue weighted by atomic mass is 16.6. The summed E-state index contributed by atoms with van der Waals surface area (Å²) in [7, 11) is 0. The lowest BCUT2D eigenvalue weighted by molar-refractivity contribution is 0.00854. The predicted molar refractivity (Wildman–Crippen MR) is 79.0 cm³/mol. The topological polar surface area (TPSA) is 70.0 Å². The van der Waals surface area contributed by atoms with Crippen LogP contribution in [0.2, 0.25) is 0 Å². The van der Waals surface area contributed by atoms with Crippen molar-refractivity contribution < 1.29 is 19.7 Å². The number of para-hydroxylation sites is 1. The van der Waals surface area contributed by atoms with Crippen molar-refractivity contribution in [1.82, 2.24) is 4.90 Å². The monoisotopic (exact) mass is 293 g/mol. The van der Waals surface area contributed by atoms with Gasteiger partial charge in [0.25, 0.3) is 0 Å². The second-order valence-electron chi connectivity index (χ2n) is 6.38. The van der Waals surface area contributed by atoms with Gasteiger partial charge < -0.3 is 14.9 Å². The summed E-state index contributed by atoms with van der Waals surface area (Å²) < 4.78 is 5.44. The van der Waals surface area contributed by atoms with Crippen LogP contribution in [0.3, 0.4) is 0 Å². The largest absolute Gasteiger partial charge is 0.508 e. The summed E-state index contributed by atoms with van der Waals surface area (Å²) in [5.74, 6) is 0.162. The standard InChI is InChI=1S/C16H23NO4/c1-16(2,3)21-15(20)17-11(10-18)8-9-13(17)12-6-4-5-7-14(12)19/h4-7,11,13,18-19H,8-10H2,1-3H3/t11-,13-/m1/s1. The summed E-state index contributed by atoms with van der Waals surface area (Å²) in [6.45, 7) is 5.32. The molecule has 0 bridgehead atoms. The number of likely N-dealkylation sites (tertiary alicyclic amines) is 1. The zero-order valence-corrected chi connectivity index (χ0v) is 12.7. The van der Waals surface area contributed by atoms with Gasteiger partial charge in [0.2, 0.25) is 0 Å². The lowest BCUT2D eigenvalue weighted by Crippen LogP contribution is -2.42. The van der Waals surface area contributed by atoms with Gasteiger partial charge in [0, 0.05) is 5.56 Å². The molecule has 5 heteroatoms. The van der Waals surface area contributed by atoms with Gasteiger partial charge in [0.1, 0.15) is 11.4 Å². The summed E-state index contributed by atoms with van der Waals surface area (Å²) in [6.07, 6.45) is 0.934. The van der Waals surface area contributed by atoms with Crippen LogP contribution in [-0.4, -0.2) is 39.5 Å². The van der Waals surface area contributed by atoms with E-state index in [9.17, 15) is 15.0 Å². The first kappa shape index (κ1) is 15.6. The number of phenols is 1. The minimum Gasteiger partial charge on any atom is -0.508 e. The van der Waals surface area contributed by atoms with E-state index in [4.69, 9.17) is 4.74 Å². The molecule has 1 aliphatic heterocycles. The number of hydrogen-bond donors (Lipinski definition) is 2. The SMILES string of the molecule is CC(C)(C)OC(=O)N1[C@@H](CO)CC[C@@H]1c1ccccc1O. The number of benzene rings is 1. The lowest BCUT2D eigenvalue weighted by Gasteiger charge is -2.32. The Hall–Kier alpha value is -1.75. The van der Waals surface area contributed by atoms with Crippen molar-refractivity contribution in [1.29, 1.82) is 0 Å². The van der Waals surface area contributed by atoms with E-state index < -0.39 is 11.7 Å². The fourth-order valence-corrected chi connectivity index (χ4v) is 2.73. The number of ether oxygens (including phenoxy) is 1. The summed E-state index contributed by atoms with van der Waals surface area (Å²) >= 11 is 0. The van der Waals surface area contributed by atoms with Crippen LogP contribution in [0, 0.1) is 0 Å². The number of hydrogen-bond acceptors (Lipinski definition) is 4. The summed E-state index contributed by atoms with van der Waals surface area (Å²) in [4.78, 5) is 14.0. The quantitative estimate of drug-likeness (QED) is 0.879. The molecule has 2 rings (SSSR count). The fraction of sp³-hybridized carbons (Fsp3) is 0.562. The van der Waals surface area contributed by atoms with Gasteiger partial charge in [-0.2, -0.15) is 0 Å². The highest BCUT2D eigenvalue weighted by Crippen LogP contribution is 2.40. The molecule has 116 valence electrons. The fourth-order valence-electron chi connectivity index (χ4n) is 2.73. The molecular formula is C16H23NO4. The number of carbonyl (C=O) groups is 1. The Morgan fingerprint density at radius 2 is 2.00 bits per heavy atom. The molecule has 0 unspecified atom stereocenters. The first-order valence-corrected chi connectivity index (χ1v) is 7.23. The van der Waals surface area contributed by atoms with Crippen LogP contribution in [0.15, 0.2) is 24.3 Å². The Morgan fingerprint density at radius 1 is 1.33 bits per heavy atom. The van der Waals surface area contributed by atoms with Crippen molar-refractivity contribution in [3.05, 3.63) is 29.8 Å². The lowest BCUT2D eigenvalue weighted by atomic mass is 10.0. The molecule has 1 amide bonds. The van der Waals surface area contributed by atoms with Gasteiger partial charge in [-0.1, -0.05) is 18.2 Å². The van der Waals surface area contributed by atoms with Gasteiger partial charge in [-0.25, -0.2) is 4.79 Å². The molecule has 0 saturated carbocycles. The van der Waals surface area contributed by atoms with Gasteiger partial charge in [0.15, 0.2) is 0 Å². The molecule has 5 nitrogen and oxygen atoms in total. The van der Waals surface area contributed by atoms with Gasteiger partial charge in [0.05, 0.1) is 18.7 Å². The van der Waals surface area contributed by atoms with Gasteiger partial charge in [-0.15, -0.1) is 0 Å². The zero-order valence-electron chi connectivity index (χ0n) is 12.7. The molecule has 0 aliphatic carbocycles. The molecule has 1 aromatic carbocycles. The maximum atomic E-state index is 12.4. The van der Waals surface area contributed by atoms with Gasteiger partial charge in [-0.3, -0.25) is 4.90 Å². The number of aliphatic hydroxyl groups excluding tert-OH is 1. The molecule has 1 heterocycles. The Labute approximate surface area is 125 Å². The molecule has 1 fully saturated rings. The van der Waals surface area contributed by atoms with Crippen LogP contribution in [0.1, 0.15) is 45.2 Å². The van der Waals surface area contributed by atoms with Crippen molar-refractivity contribution in [3.63, 3.8) is 0 Å². The number of phenolic OH excluding ortho intramolecular Hbond substituents is 1. The van der Waals surface area contributed by atoms with E-state index in [0.29, 0.717) is 18.4 Å². The second kappa shape index (κ2) is 5.93. The third-order valence-corrected chi connectivity index (χ3v) is 3.61. The van der Waals surface area contributed by atoms with Crippen LogP contribution in [0.25, 0.3) is 0 Å². The number of carbonyl (C=O) groups excluding carboxylic acids is 1. The molecule has 1 saturated heterocycles.